The predicted octanol–water partition coefficient (Wildman–Crippen LogP) is 2.67. The Balaban J connectivity index is 1.87. The van der Waals surface area contributed by atoms with Crippen molar-refractivity contribution in [1.29, 1.82) is 0 Å². The minimum atomic E-state index is 0.621. The van der Waals surface area contributed by atoms with Crippen molar-refractivity contribution in [2.45, 2.75) is 0 Å². The predicted molar refractivity (Wildman–Crippen MR) is 69.5 cm³/mol. The Bertz CT molecular complexity index is 671. The summed E-state index contributed by atoms with van der Waals surface area (Å²) in [4.78, 5) is 0. The third-order valence-corrected chi connectivity index (χ3v) is 2.48. The molecular weight excluding hydrogens is 228 g/mol. The van der Waals surface area contributed by atoms with Crippen LogP contribution in [0.15, 0.2) is 58.4 Å². The lowest BCUT2D eigenvalue weighted by Crippen LogP contribution is -1.96. The highest BCUT2D eigenvalue weighted by molar-refractivity contribution is 5.91. The molecule has 2 heterocycles. The molecule has 3 rings (SSSR count). The number of fused-ring (bicyclic) bond motifs is 1. The third kappa shape index (κ3) is 2.06. The maximum absolute atomic E-state index is 5.13. The Morgan fingerprint density at radius 1 is 1.17 bits per heavy atom. The highest BCUT2D eigenvalue weighted by Crippen LogP contribution is 2.18. The van der Waals surface area contributed by atoms with E-state index in [4.69, 9.17) is 4.42 Å². The number of anilines is 1. The molecule has 0 saturated heterocycles. The molecule has 0 saturated carbocycles. The molecule has 1 aromatic carbocycles. The van der Waals surface area contributed by atoms with Crippen LogP contribution < -0.4 is 5.43 Å². The lowest BCUT2D eigenvalue weighted by molar-refractivity contribution is 0.560. The first-order valence-corrected chi connectivity index (χ1v) is 5.46. The second-order valence-corrected chi connectivity index (χ2v) is 3.67. The van der Waals surface area contributed by atoms with Crippen molar-refractivity contribution >= 4 is 22.8 Å². The van der Waals surface area contributed by atoms with Crippen LogP contribution in [0.3, 0.4) is 0 Å². The summed E-state index contributed by atoms with van der Waals surface area (Å²) in [6.45, 7) is 0. The van der Waals surface area contributed by atoms with Gasteiger partial charge < -0.3 is 4.42 Å². The van der Waals surface area contributed by atoms with E-state index < -0.39 is 0 Å². The van der Waals surface area contributed by atoms with E-state index in [-0.39, 0.29) is 0 Å². The van der Waals surface area contributed by atoms with Gasteiger partial charge in [0.25, 0.3) is 0 Å². The lowest BCUT2D eigenvalue weighted by Gasteiger charge is -2.02. The van der Waals surface area contributed by atoms with E-state index in [0.717, 1.165) is 10.8 Å². The Labute approximate surface area is 103 Å². The standard InChI is InChI=1S/C13H10N4O/c1-2-6-12-10(4-1)8-14-16-13(12)17-15-9-11-5-3-7-18-11/h1-9H,(H,16,17). The number of hydrogen-bond donors (Lipinski definition) is 1. The van der Waals surface area contributed by atoms with Gasteiger partial charge in [-0.3, -0.25) is 5.43 Å². The van der Waals surface area contributed by atoms with Crippen molar-refractivity contribution in [3.63, 3.8) is 0 Å². The van der Waals surface area contributed by atoms with E-state index in [1.54, 1.807) is 24.7 Å². The average Bonchev–Trinajstić information content (AvgIpc) is 2.92. The number of rotatable bonds is 3. The fraction of sp³-hybridized carbons (Fsp3) is 0. The first-order chi connectivity index (χ1) is 8.93. The van der Waals surface area contributed by atoms with Crippen LogP contribution in [0.2, 0.25) is 0 Å². The molecule has 0 spiro atoms. The summed E-state index contributed by atoms with van der Waals surface area (Å²) in [5, 5.41) is 14.0. The lowest BCUT2D eigenvalue weighted by atomic mass is 10.2. The highest BCUT2D eigenvalue weighted by Gasteiger charge is 2.00. The molecule has 0 bridgehead atoms. The molecular formula is C13H10N4O. The molecule has 0 aliphatic rings. The summed E-state index contributed by atoms with van der Waals surface area (Å²) < 4.78 is 5.13. The second kappa shape index (κ2) is 4.67. The van der Waals surface area contributed by atoms with Crippen LogP contribution in [0.25, 0.3) is 10.8 Å². The average molecular weight is 238 g/mol. The Morgan fingerprint density at radius 3 is 3.00 bits per heavy atom. The maximum Gasteiger partial charge on any atom is 0.176 e. The van der Waals surface area contributed by atoms with E-state index in [0.29, 0.717) is 11.6 Å². The molecule has 0 amide bonds. The number of nitrogens with one attached hydrogen (secondary N) is 1. The molecule has 0 unspecified atom stereocenters. The molecule has 5 heteroatoms. The van der Waals surface area contributed by atoms with Gasteiger partial charge in [-0.25, -0.2) is 0 Å². The van der Waals surface area contributed by atoms with Crippen molar-refractivity contribution in [1.82, 2.24) is 10.2 Å². The van der Waals surface area contributed by atoms with Gasteiger partial charge in [-0.15, -0.1) is 5.10 Å². The number of hydrazone groups is 1. The van der Waals surface area contributed by atoms with Gasteiger partial charge in [0.05, 0.1) is 18.7 Å². The fourth-order valence-electron chi connectivity index (χ4n) is 1.63. The Kier molecular flexibility index (Phi) is 2.71. The molecule has 0 fully saturated rings. The number of hydrogen-bond acceptors (Lipinski definition) is 5. The van der Waals surface area contributed by atoms with Gasteiger partial charge in [0, 0.05) is 10.8 Å². The van der Waals surface area contributed by atoms with E-state index in [9.17, 15) is 0 Å². The summed E-state index contributed by atoms with van der Waals surface area (Å²) in [7, 11) is 0. The third-order valence-electron chi connectivity index (χ3n) is 2.48. The normalized spacial score (nSPS) is 11.1. The summed E-state index contributed by atoms with van der Waals surface area (Å²) in [5.74, 6) is 1.30. The molecule has 2 aromatic heterocycles. The summed E-state index contributed by atoms with van der Waals surface area (Å²) in [5.41, 5.74) is 2.86. The van der Waals surface area contributed by atoms with Gasteiger partial charge in [-0.1, -0.05) is 24.3 Å². The zero-order chi connectivity index (χ0) is 12.2. The van der Waals surface area contributed by atoms with Crippen molar-refractivity contribution in [3.05, 3.63) is 54.6 Å². The van der Waals surface area contributed by atoms with Crippen LogP contribution in [-0.2, 0) is 0 Å². The van der Waals surface area contributed by atoms with Crippen LogP contribution in [0.4, 0.5) is 5.82 Å². The van der Waals surface area contributed by atoms with E-state index in [2.05, 4.69) is 20.7 Å². The van der Waals surface area contributed by atoms with Crippen LogP contribution in [0.1, 0.15) is 5.76 Å². The summed E-state index contributed by atoms with van der Waals surface area (Å²) in [6, 6.07) is 11.5. The Morgan fingerprint density at radius 2 is 2.11 bits per heavy atom. The van der Waals surface area contributed by atoms with Crippen LogP contribution in [0.5, 0.6) is 0 Å². The molecule has 18 heavy (non-hydrogen) atoms. The van der Waals surface area contributed by atoms with Crippen molar-refractivity contribution in [2.75, 3.05) is 5.43 Å². The van der Waals surface area contributed by atoms with E-state index in [1.165, 1.54) is 0 Å². The molecule has 0 atom stereocenters. The quantitative estimate of drug-likeness (QED) is 0.562. The Hall–Kier alpha value is -2.69. The molecule has 0 aliphatic heterocycles. The van der Waals surface area contributed by atoms with Gasteiger partial charge in [0.15, 0.2) is 5.82 Å². The summed E-state index contributed by atoms with van der Waals surface area (Å²) >= 11 is 0. The monoisotopic (exact) mass is 238 g/mol. The fourth-order valence-corrected chi connectivity index (χ4v) is 1.63. The number of benzene rings is 1. The van der Waals surface area contributed by atoms with E-state index >= 15 is 0 Å². The molecule has 0 radical (unpaired) electrons. The molecule has 3 aromatic rings. The topological polar surface area (TPSA) is 63.3 Å². The van der Waals surface area contributed by atoms with Gasteiger partial charge >= 0.3 is 0 Å². The minimum absolute atomic E-state index is 0.621. The SMILES string of the molecule is C(=NNc1nncc2ccccc12)c1ccco1. The minimum Gasteiger partial charge on any atom is -0.463 e. The number of nitrogens with zero attached hydrogens (tertiary/aromatic N) is 3. The molecule has 5 nitrogen and oxygen atoms in total. The van der Waals surface area contributed by atoms with Gasteiger partial charge in [-0.2, -0.15) is 10.2 Å². The highest BCUT2D eigenvalue weighted by atomic mass is 16.3. The van der Waals surface area contributed by atoms with Crippen LogP contribution >= 0.6 is 0 Å². The van der Waals surface area contributed by atoms with Crippen molar-refractivity contribution in [2.24, 2.45) is 5.10 Å². The molecule has 0 aliphatic carbocycles. The van der Waals surface area contributed by atoms with Gasteiger partial charge in [0.1, 0.15) is 5.76 Å². The smallest absolute Gasteiger partial charge is 0.176 e. The zero-order valence-corrected chi connectivity index (χ0v) is 9.45. The van der Waals surface area contributed by atoms with Crippen molar-refractivity contribution in [3.8, 4) is 0 Å². The van der Waals surface area contributed by atoms with Crippen molar-refractivity contribution < 1.29 is 4.42 Å². The van der Waals surface area contributed by atoms with Gasteiger partial charge in [0.2, 0.25) is 0 Å². The van der Waals surface area contributed by atoms with Gasteiger partial charge in [-0.05, 0) is 12.1 Å². The second-order valence-electron chi connectivity index (χ2n) is 3.67. The first kappa shape index (κ1) is 10.5. The van der Waals surface area contributed by atoms with Crippen LogP contribution in [-0.4, -0.2) is 16.4 Å². The number of aromatic nitrogens is 2. The zero-order valence-electron chi connectivity index (χ0n) is 9.45. The first-order valence-electron chi connectivity index (χ1n) is 5.46. The van der Waals surface area contributed by atoms with Crippen LogP contribution in [0, 0.1) is 0 Å². The van der Waals surface area contributed by atoms with E-state index in [1.807, 2.05) is 30.3 Å². The molecule has 1 N–H and O–H groups in total. The number of furan rings is 1. The largest absolute Gasteiger partial charge is 0.463 e. The summed E-state index contributed by atoms with van der Waals surface area (Å²) in [6.07, 6.45) is 4.90. The maximum atomic E-state index is 5.13. The molecule has 88 valence electrons.